The number of aliphatic hydroxyl groups excluding tert-OH is 1. The highest BCUT2D eigenvalue weighted by molar-refractivity contribution is 5.98. The normalized spacial score (nSPS) is 20.8. The Morgan fingerprint density at radius 1 is 1.03 bits per heavy atom. The van der Waals surface area contributed by atoms with Crippen LogP contribution in [0.1, 0.15) is 16.1 Å². The second-order valence-electron chi connectivity index (χ2n) is 7.57. The predicted molar refractivity (Wildman–Crippen MR) is 108 cm³/mol. The number of β-amino-alcohol motifs (C(OH)–C–C–N with tert-alkyl or cyclic N) is 1. The summed E-state index contributed by atoms with van der Waals surface area (Å²) in [5.74, 6) is 0.904. The number of hydrogen-bond donors (Lipinski definition) is 1. The van der Waals surface area contributed by atoms with Gasteiger partial charge in [-0.25, -0.2) is 0 Å². The van der Waals surface area contributed by atoms with Gasteiger partial charge in [-0.3, -0.25) is 9.78 Å². The third kappa shape index (κ3) is 3.40. The lowest BCUT2D eigenvalue weighted by Crippen LogP contribution is -2.30. The number of benzene rings is 2. The summed E-state index contributed by atoms with van der Waals surface area (Å²) < 4.78 is 11.3. The molecule has 1 amide bonds. The summed E-state index contributed by atoms with van der Waals surface area (Å²) in [6.45, 7) is 1.70. The highest BCUT2D eigenvalue weighted by Crippen LogP contribution is 2.35. The molecule has 1 fully saturated rings. The van der Waals surface area contributed by atoms with Crippen LogP contribution in [0.15, 0.2) is 54.6 Å². The van der Waals surface area contributed by atoms with Crippen molar-refractivity contribution in [3.05, 3.63) is 65.9 Å². The minimum atomic E-state index is -0.580. The largest absolute Gasteiger partial charge is 0.486 e. The molecule has 0 spiro atoms. The first kappa shape index (κ1) is 17.9. The number of hydrogen-bond acceptors (Lipinski definition) is 5. The first-order valence-electron chi connectivity index (χ1n) is 9.89. The Morgan fingerprint density at radius 3 is 2.83 bits per heavy atom. The van der Waals surface area contributed by atoms with E-state index in [4.69, 9.17) is 14.5 Å². The lowest BCUT2D eigenvalue weighted by molar-refractivity contribution is 0.0754. The number of carbonyl (C=O) groups is 1. The Balaban J connectivity index is 1.33. The van der Waals surface area contributed by atoms with E-state index >= 15 is 0 Å². The monoisotopic (exact) mass is 390 g/mol. The van der Waals surface area contributed by atoms with Crippen LogP contribution in [-0.2, 0) is 6.42 Å². The molecule has 1 saturated heterocycles. The maximum Gasteiger partial charge on any atom is 0.257 e. The van der Waals surface area contributed by atoms with Crippen molar-refractivity contribution in [3.63, 3.8) is 0 Å². The molecule has 3 aromatic rings. The molecule has 2 aromatic carbocycles. The Morgan fingerprint density at radius 2 is 1.90 bits per heavy atom. The summed E-state index contributed by atoms with van der Waals surface area (Å²) in [4.78, 5) is 19.5. The minimum absolute atomic E-state index is 0.0516. The van der Waals surface area contributed by atoms with Crippen LogP contribution in [0.5, 0.6) is 11.5 Å². The average Bonchev–Trinajstić information content (AvgIpc) is 3.13. The fourth-order valence-corrected chi connectivity index (χ4v) is 4.12. The van der Waals surface area contributed by atoms with E-state index in [-0.39, 0.29) is 11.8 Å². The number of rotatable bonds is 3. The van der Waals surface area contributed by atoms with Crippen LogP contribution in [0.2, 0.25) is 0 Å². The SMILES string of the molecule is O=C(c1cccc2c1OCCO2)N1C[C@@H](Cc2ccc3ccccc3n2)[C@H](O)C1. The third-order valence-electron chi connectivity index (χ3n) is 5.62. The molecular weight excluding hydrogens is 368 g/mol. The lowest BCUT2D eigenvalue weighted by atomic mass is 9.99. The number of ether oxygens (including phenoxy) is 2. The smallest absolute Gasteiger partial charge is 0.257 e. The number of pyridine rings is 1. The highest BCUT2D eigenvalue weighted by Gasteiger charge is 2.36. The zero-order valence-corrected chi connectivity index (χ0v) is 16.0. The van der Waals surface area contributed by atoms with Crippen LogP contribution in [0.3, 0.4) is 0 Å². The van der Waals surface area contributed by atoms with E-state index in [0.717, 1.165) is 16.6 Å². The first-order valence-corrected chi connectivity index (χ1v) is 9.89. The molecule has 5 rings (SSSR count). The van der Waals surface area contributed by atoms with Gasteiger partial charge in [-0.1, -0.05) is 30.3 Å². The molecule has 2 aliphatic rings. The van der Waals surface area contributed by atoms with Gasteiger partial charge in [0.1, 0.15) is 13.2 Å². The Kier molecular flexibility index (Phi) is 4.56. The van der Waals surface area contributed by atoms with E-state index in [1.54, 1.807) is 23.1 Å². The van der Waals surface area contributed by atoms with E-state index in [2.05, 4.69) is 6.07 Å². The van der Waals surface area contributed by atoms with Crippen LogP contribution in [0.25, 0.3) is 10.9 Å². The molecule has 2 aliphatic heterocycles. The van der Waals surface area contributed by atoms with Crippen molar-refractivity contribution in [1.82, 2.24) is 9.88 Å². The van der Waals surface area contributed by atoms with Gasteiger partial charge in [0, 0.05) is 30.1 Å². The van der Waals surface area contributed by atoms with Crippen molar-refractivity contribution >= 4 is 16.8 Å². The van der Waals surface area contributed by atoms with Crippen molar-refractivity contribution < 1.29 is 19.4 Å². The quantitative estimate of drug-likeness (QED) is 0.745. The Bertz CT molecular complexity index is 1070. The molecule has 0 unspecified atom stereocenters. The molecule has 3 heterocycles. The number of likely N-dealkylation sites (tertiary alicyclic amines) is 1. The van der Waals surface area contributed by atoms with Crippen molar-refractivity contribution in [3.8, 4) is 11.5 Å². The summed E-state index contributed by atoms with van der Waals surface area (Å²) >= 11 is 0. The van der Waals surface area contributed by atoms with Crippen molar-refractivity contribution in [2.24, 2.45) is 5.92 Å². The van der Waals surface area contributed by atoms with Crippen LogP contribution in [0.4, 0.5) is 0 Å². The van der Waals surface area contributed by atoms with Gasteiger partial charge in [0.25, 0.3) is 5.91 Å². The van der Waals surface area contributed by atoms with Crippen LogP contribution >= 0.6 is 0 Å². The number of amides is 1. The second-order valence-corrected chi connectivity index (χ2v) is 7.57. The van der Waals surface area contributed by atoms with Crippen LogP contribution < -0.4 is 9.47 Å². The zero-order valence-electron chi connectivity index (χ0n) is 16.0. The number of nitrogens with zero attached hydrogens (tertiary/aromatic N) is 2. The zero-order chi connectivity index (χ0) is 19.8. The molecule has 1 N–H and O–H groups in total. The first-order chi connectivity index (χ1) is 14.2. The molecular formula is C23H22N2O4. The summed E-state index contributed by atoms with van der Waals surface area (Å²) in [5, 5.41) is 11.7. The number of aromatic nitrogens is 1. The fourth-order valence-electron chi connectivity index (χ4n) is 4.12. The van der Waals surface area contributed by atoms with Gasteiger partial charge in [-0.15, -0.1) is 0 Å². The van der Waals surface area contributed by atoms with Crippen molar-refractivity contribution in [2.75, 3.05) is 26.3 Å². The lowest BCUT2D eigenvalue weighted by Gasteiger charge is -2.23. The Hall–Kier alpha value is -3.12. The van der Waals surface area contributed by atoms with Crippen LogP contribution in [-0.4, -0.2) is 53.3 Å². The van der Waals surface area contributed by atoms with Crippen LogP contribution in [0, 0.1) is 5.92 Å². The summed E-state index contributed by atoms with van der Waals surface area (Å²) in [5.41, 5.74) is 2.35. The van der Waals surface area contributed by atoms with Gasteiger partial charge >= 0.3 is 0 Å². The maximum absolute atomic E-state index is 13.1. The summed E-state index contributed by atoms with van der Waals surface area (Å²) in [6, 6.07) is 17.4. The third-order valence-corrected chi connectivity index (χ3v) is 5.62. The van der Waals surface area contributed by atoms with E-state index in [1.807, 2.05) is 30.3 Å². The number of aliphatic hydroxyl groups is 1. The molecule has 148 valence electrons. The number of para-hydroxylation sites is 2. The number of carbonyl (C=O) groups excluding carboxylic acids is 1. The molecule has 6 heteroatoms. The molecule has 29 heavy (non-hydrogen) atoms. The molecule has 0 bridgehead atoms. The molecule has 0 saturated carbocycles. The predicted octanol–water partition coefficient (Wildman–Crippen LogP) is 2.68. The Labute approximate surface area is 168 Å². The average molecular weight is 390 g/mol. The molecule has 0 aliphatic carbocycles. The van der Waals surface area contributed by atoms with Gasteiger partial charge in [-0.2, -0.15) is 0 Å². The molecule has 6 nitrogen and oxygen atoms in total. The van der Waals surface area contributed by atoms with Gasteiger partial charge in [0.2, 0.25) is 0 Å². The summed E-state index contributed by atoms with van der Waals surface area (Å²) in [6.07, 6.45) is 0.0476. The van der Waals surface area contributed by atoms with E-state index in [0.29, 0.717) is 49.8 Å². The topological polar surface area (TPSA) is 71.9 Å². The molecule has 1 aromatic heterocycles. The van der Waals surface area contributed by atoms with E-state index in [9.17, 15) is 9.90 Å². The minimum Gasteiger partial charge on any atom is -0.486 e. The highest BCUT2D eigenvalue weighted by atomic mass is 16.6. The van der Waals surface area contributed by atoms with Crippen molar-refractivity contribution in [1.29, 1.82) is 0 Å². The van der Waals surface area contributed by atoms with Gasteiger partial charge in [-0.05, 0) is 30.7 Å². The van der Waals surface area contributed by atoms with Gasteiger partial charge in [0.15, 0.2) is 11.5 Å². The standard InChI is InChI=1S/C23H22N2O4/c26-20-14-25(23(27)18-5-3-7-21-22(18)29-11-10-28-21)13-16(20)12-17-9-8-15-4-1-2-6-19(15)24-17/h1-9,16,20,26H,10-14H2/t16-,20-/m1/s1. The van der Waals surface area contributed by atoms with Crippen molar-refractivity contribution in [2.45, 2.75) is 12.5 Å². The molecule has 2 atom stereocenters. The summed E-state index contributed by atoms with van der Waals surface area (Å²) in [7, 11) is 0. The van der Waals surface area contributed by atoms with E-state index in [1.165, 1.54) is 0 Å². The second kappa shape index (κ2) is 7.37. The number of fused-ring (bicyclic) bond motifs is 2. The maximum atomic E-state index is 13.1. The van der Waals surface area contributed by atoms with Gasteiger partial charge in [0.05, 0.1) is 17.2 Å². The molecule has 0 radical (unpaired) electrons. The van der Waals surface area contributed by atoms with Gasteiger partial charge < -0.3 is 19.5 Å². The van der Waals surface area contributed by atoms with E-state index < -0.39 is 6.10 Å². The fraction of sp³-hybridized carbons (Fsp3) is 0.304.